The third kappa shape index (κ3) is 7.17. The molecule has 0 saturated heterocycles. The lowest BCUT2D eigenvalue weighted by Gasteiger charge is -1.93. The molecule has 0 aromatic carbocycles. The maximum absolute atomic E-state index is 7.89. The van der Waals surface area contributed by atoms with Crippen LogP contribution in [0.2, 0.25) is 0 Å². The van der Waals surface area contributed by atoms with Gasteiger partial charge in [-0.05, 0) is 6.42 Å². The Bertz CT molecular complexity index is 91.1. The molecule has 0 aromatic heterocycles. The predicted octanol–water partition coefficient (Wildman–Crippen LogP) is 1.04. The van der Waals surface area contributed by atoms with Gasteiger partial charge < -0.3 is 9.94 Å². The van der Waals surface area contributed by atoms with Gasteiger partial charge in [-0.15, -0.1) is 6.58 Å². The van der Waals surface area contributed by atoms with Crippen LogP contribution in [0.25, 0.3) is 0 Å². The quantitative estimate of drug-likeness (QED) is 0.198. The first-order valence-corrected chi connectivity index (χ1v) is 2.76. The Balaban J connectivity index is 2.82. The third-order valence-corrected chi connectivity index (χ3v) is 0.740. The van der Waals surface area contributed by atoms with Gasteiger partial charge in [0.2, 0.25) is 0 Å². The van der Waals surface area contributed by atoms with Gasteiger partial charge in [-0.25, -0.2) is 0 Å². The predicted molar refractivity (Wildman–Crippen MR) is 35.9 cm³/mol. The molecule has 3 nitrogen and oxygen atoms in total. The number of rotatable bonds is 5. The molecule has 0 heterocycles. The van der Waals surface area contributed by atoms with E-state index in [0.717, 1.165) is 6.42 Å². The standard InChI is InChI=1S/C6H11NO2/c1-2-3-5-9-6-4-7-8/h2,4,8H,1,3,5-6H2/b7-4+. The van der Waals surface area contributed by atoms with E-state index in [1.54, 1.807) is 6.08 Å². The first kappa shape index (κ1) is 8.17. The number of ether oxygens (including phenoxy) is 1. The Kier molecular flexibility index (Phi) is 6.51. The first-order valence-electron chi connectivity index (χ1n) is 2.76. The molecule has 0 aliphatic heterocycles. The Hall–Kier alpha value is -0.830. The van der Waals surface area contributed by atoms with Crippen molar-refractivity contribution < 1.29 is 9.94 Å². The lowest BCUT2D eigenvalue weighted by atomic mass is 10.5. The van der Waals surface area contributed by atoms with Crippen LogP contribution in [-0.4, -0.2) is 24.6 Å². The molecule has 0 amide bonds. The first-order chi connectivity index (χ1) is 4.41. The fourth-order valence-corrected chi connectivity index (χ4v) is 0.336. The van der Waals surface area contributed by atoms with E-state index >= 15 is 0 Å². The highest BCUT2D eigenvalue weighted by Gasteiger charge is 1.79. The highest BCUT2D eigenvalue weighted by atomic mass is 16.5. The van der Waals surface area contributed by atoms with E-state index in [4.69, 9.17) is 9.94 Å². The minimum Gasteiger partial charge on any atom is -0.411 e. The van der Waals surface area contributed by atoms with Crippen molar-refractivity contribution in [2.45, 2.75) is 6.42 Å². The molecule has 0 bridgehead atoms. The van der Waals surface area contributed by atoms with Crippen LogP contribution in [-0.2, 0) is 4.74 Å². The molecule has 0 aliphatic rings. The Labute approximate surface area is 54.6 Å². The number of oxime groups is 1. The van der Waals surface area contributed by atoms with Crippen LogP contribution in [0.5, 0.6) is 0 Å². The van der Waals surface area contributed by atoms with Crippen LogP contribution in [0.15, 0.2) is 17.8 Å². The van der Waals surface area contributed by atoms with Crippen LogP contribution in [0.3, 0.4) is 0 Å². The zero-order valence-electron chi connectivity index (χ0n) is 5.29. The topological polar surface area (TPSA) is 41.8 Å². The molecule has 3 heteroatoms. The lowest BCUT2D eigenvalue weighted by Crippen LogP contribution is -1.95. The van der Waals surface area contributed by atoms with Crippen molar-refractivity contribution >= 4 is 6.21 Å². The summed E-state index contributed by atoms with van der Waals surface area (Å²) in [4.78, 5) is 0. The van der Waals surface area contributed by atoms with E-state index in [9.17, 15) is 0 Å². The van der Waals surface area contributed by atoms with Crippen molar-refractivity contribution in [3.63, 3.8) is 0 Å². The summed E-state index contributed by atoms with van der Waals surface area (Å²) in [6, 6.07) is 0. The van der Waals surface area contributed by atoms with Gasteiger partial charge in [-0.3, -0.25) is 0 Å². The third-order valence-electron chi connectivity index (χ3n) is 0.740. The molecule has 0 radical (unpaired) electrons. The Morgan fingerprint density at radius 2 is 2.44 bits per heavy atom. The van der Waals surface area contributed by atoms with Crippen molar-refractivity contribution in [1.29, 1.82) is 0 Å². The van der Waals surface area contributed by atoms with E-state index in [0.29, 0.717) is 13.2 Å². The summed E-state index contributed by atoms with van der Waals surface area (Å²) in [5, 5.41) is 10.6. The van der Waals surface area contributed by atoms with Gasteiger partial charge in [0.05, 0.1) is 19.4 Å². The van der Waals surface area contributed by atoms with Crippen molar-refractivity contribution in [2.24, 2.45) is 5.16 Å². The zero-order chi connectivity index (χ0) is 6.95. The van der Waals surface area contributed by atoms with Gasteiger partial charge in [-0.2, -0.15) is 0 Å². The average Bonchev–Trinajstić information content (AvgIpc) is 1.89. The molecule has 0 fully saturated rings. The summed E-state index contributed by atoms with van der Waals surface area (Å²) in [6.07, 6.45) is 3.90. The lowest BCUT2D eigenvalue weighted by molar-refractivity contribution is 0.177. The summed E-state index contributed by atoms with van der Waals surface area (Å²) < 4.78 is 4.93. The smallest absolute Gasteiger partial charge is 0.0852 e. The second kappa shape index (κ2) is 7.17. The number of hydrogen-bond acceptors (Lipinski definition) is 3. The van der Waals surface area contributed by atoms with Crippen molar-refractivity contribution in [3.8, 4) is 0 Å². The Morgan fingerprint density at radius 1 is 1.67 bits per heavy atom. The summed E-state index contributed by atoms with van der Waals surface area (Å²) in [7, 11) is 0. The fraction of sp³-hybridized carbons (Fsp3) is 0.500. The minimum absolute atomic E-state index is 0.365. The normalized spacial score (nSPS) is 10.2. The van der Waals surface area contributed by atoms with Gasteiger partial charge in [-0.1, -0.05) is 11.2 Å². The van der Waals surface area contributed by atoms with Crippen LogP contribution in [0, 0.1) is 0 Å². The van der Waals surface area contributed by atoms with E-state index in [1.165, 1.54) is 6.21 Å². The van der Waals surface area contributed by atoms with E-state index < -0.39 is 0 Å². The highest BCUT2D eigenvalue weighted by molar-refractivity contribution is 5.57. The number of hydrogen-bond donors (Lipinski definition) is 1. The fourth-order valence-electron chi connectivity index (χ4n) is 0.336. The van der Waals surface area contributed by atoms with E-state index in [1.807, 2.05) is 0 Å². The van der Waals surface area contributed by atoms with E-state index in [-0.39, 0.29) is 0 Å². The molecule has 0 spiro atoms. The zero-order valence-corrected chi connectivity index (χ0v) is 5.29. The maximum atomic E-state index is 7.89. The van der Waals surface area contributed by atoms with Crippen molar-refractivity contribution in [3.05, 3.63) is 12.7 Å². The molecule has 0 atom stereocenters. The second-order valence-electron chi connectivity index (χ2n) is 1.45. The summed E-state index contributed by atoms with van der Waals surface area (Å²) in [5.41, 5.74) is 0. The minimum atomic E-state index is 0.365. The van der Waals surface area contributed by atoms with Gasteiger partial charge in [0.1, 0.15) is 0 Å². The van der Waals surface area contributed by atoms with Gasteiger partial charge in [0, 0.05) is 0 Å². The molecule has 9 heavy (non-hydrogen) atoms. The summed E-state index contributed by atoms with van der Waals surface area (Å²) in [5.74, 6) is 0. The molecule has 0 saturated carbocycles. The van der Waals surface area contributed by atoms with Crippen LogP contribution >= 0.6 is 0 Å². The van der Waals surface area contributed by atoms with Crippen LogP contribution < -0.4 is 0 Å². The summed E-state index contributed by atoms with van der Waals surface area (Å²) >= 11 is 0. The molecule has 1 N–H and O–H groups in total. The van der Waals surface area contributed by atoms with Gasteiger partial charge in [0.15, 0.2) is 0 Å². The SMILES string of the molecule is C=CCCOC/C=N/O. The van der Waals surface area contributed by atoms with Crippen LogP contribution in [0.1, 0.15) is 6.42 Å². The van der Waals surface area contributed by atoms with Crippen LogP contribution in [0.4, 0.5) is 0 Å². The van der Waals surface area contributed by atoms with Gasteiger partial charge in [0.25, 0.3) is 0 Å². The van der Waals surface area contributed by atoms with Crippen molar-refractivity contribution in [1.82, 2.24) is 0 Å². The molecule has 0 unspecified atom stereocenters. The second-order valence-corrected chi connectivity index (χ2v) is 1.45. The summed E-state index contributed by atoms with van der Waals surface area (Å²) in [6.45, 7) is 4.52. The molecule has 0 aliphatic carbocycles. The van der Waals surface area contributed by atoms with Crippen molar-refractivity contribution in [2.75, 3.05) is 13.2 Å². The molecule has 0 aromatic rings. The molecule has 0 rings (SSSR count). The molecular weight excluding hydrogens is 118 g/mol. The monoisotopic (exact) mass is 129 g/mol. The highest BCUT2D eigenvalue weighted by Crippen LogP contribution is 1.80. The maximum Gasteiger partial charge on any atom is 0.0852 e. The van der Waals surface area contributed by atoms with E-state index in [2.05, 4.69) is 11.7 Å². The largest absolute Gasteiger partial charge is 0.411 e. The molecule has 52 valence electrons. The number of nitrogens with zero attached hydrogens (tertiary/aromatic N) is 1. The molecular formula is C6H11NO2. The Morgan fingerprint density at radius 3 is 3.00 bits per heavy atom. The van der Waals surface area contributed by atoms with Gasteiger partial charge >= 0.3 is 0 Å². The average molecular weight is 129 g/mol.